The van der Waals surface area contributed by atoms with Crippen molar-refractivity contribution in [3.63, 3.8) is 0 Å². The van der Waals surface area contributed by atoms with Gasteiger partial charge in [-0.2, -0.15) is 5.26 Å². The number of imide groups is 1. The Morgan fingerprint density at radius 3 is 2.55 bits per heavy atom. The van der Waals surface area contributed by atoms with E-state index in [9.17, 15) is 14.4 Å². The van der Waals surface area contributed by atoms with Crippen molar-refractivity contribution in [3.05, 3.63) is 58.5 Å². The average molecular weight is 466 g/mol. The van der Waals surface area contributed by atoms with Crippen LogP contribution in [-0.4, -0.2) is 42.2 Å². The van der Waals surface area contributed by atoms with Crippen molar-refractivity contribution in [2.24, 2.45) is 0 Å². The standard InChI is InChI=1S/C24H23N3O5S/c1-15(2)17-5-7-18(8-6-17)26-22(28)14-27-23(29)21(33-24(27)30)13-16-4-9-19(32-11-10-25)20(12-16)31-3/h4-9,12-13,15H,11,14H2,1-3H3,(H,26,28)/b21-13-. The van der Waals surface area contributed by atoms with Crippen molar-refractivity contribution in [3.8, 4) is 17.6 Å². The predicted octanol–water partition coefficient (Wildman–Crippen LogP) is 4.40. The molecule has 2 aromatic rings. The molecule has 0 saturated carbocycles. The van der Waals surface area contributed by atoms with Crippen LogP contribution in [0.3, 0.4) is 0 Å². The lowest BCUT2D eigenvalue weighted by Gasteiger charge is -2.13. The zero-order valence-corrected chi connectivity index (χ0v) is 19.3. The van der Waals surface area contributed by atoms with Gasteiger partial charge in [0.15, 0.2) is 18.1 Å². The zero-order chi connectivity index (χ0) is 24.0. The van der Waals surface area contributed by atoms with E-state index in [1.165, 1.54) is 7.11 Å². The maximum absolute atomic E-state index is 12.7. The van der Waals surface area contributed by atoms with Crippen LogP contribution in [0.25, 0.3) is 6.08 Å². The maximum atomic E-state index is 12.7. The Balaban J connectivity index is 1.68. The third-order valence-corrected chi connectivity index (χ3v) is 5.72. The number of rotatable bonds is 8. The van der Waals surface area contributed by atoms with Gasteiger partial charge in [-0.05, 0) is 59.1 Å². The van der Waals surface area contributed by atoms with E-state index in [0.717, 1.165) is 22.2 Å². The summed E-state index contributed by atoms with van der Waals surface area (Å²) < 4.78 is 10.5. The molecule has 3 amide bonds. The molecule has 2 aromatic carbocycles. The summed E-state index contributed by atoms with van der Waals surface area (Å²) in [7, 11) is 1.46. The summed E-state index contributed by atoms with van der Waals surface area (Å²) in [6.07, 6.45) is 1.55. The second kappa shape index (κ2) is 10.7. The molecular weight excluding hydrogens is 442 g/mol. The van der Waals surface area contributed by atoms with Crippen molar-refractivity contribution < 1.29 is 23.9 Å². The average Bonchev–Trinajstić information content (AvgIpc) is 3.05. The minimum Gasteiger partial charge on any atom is -0.493 e. The minimum atomic E-state index is -0.543. The Kier molecular flexibility index (Phi) is 7.74. The number of carbonyl (C=O) groups is 3. The molecule has 1 heterocycles. The minimum absolute atomic E-state index is 0.126. The van der Waals surface area contributed by atoms with Gasteiger partial charge in [0.05, 0.1) is 12.0 Å². The highest BCUT2D eigenvalue weighted by Gasteiger charge is 2.36. The van der Waals surface area contributed by atoms with Gasteiger partial charge in [-0.15, -0.1) is 0 Å². The van der Waals surface area contributed by atoms with Crippen molar-refractivity contribution >= 4 is 40.6 Å². The first kappa shape index (κ1) is 23.9. The van der Waals surface area contributed by atoms with Crippen molar-refractivity contribution in [2.45, 2.75) is 19.8 Å². The van der Waals surface area contributed by atoms with E-state index in [4.69, 9.17) is 14.7 Å². The van der Waals surface area contributed by atoms with Crippen LogP contribution in [0.1, 0.15) is 30.9 Å². The molecule has 1 saturated heterocycles. The van der Waals surface area contributed by atoms with Crippen molar-refractivity contribution in [1.82, 2.24) is 4.90 Å². The van der Waals surface area contributed by atoms with E-state index in [1.807, 2.05) is 18.2 Å². The Morgan fingerprint density at radius 2 is 1.91 bits per heavy atom. The summed E-state index contributed by atoms with van der Waals surface area (Å²) in [5, 5.41) is 10.9. The zero-order valence-electron chi connectivity index (χ0n) is 18.5. The fourth-order valence-corrected chi connectivity index (χ4v) is 3.92. The molecule has 1 N–H and O–H groups in total. The number of methoxy groups -OCH3 is 1. The molecule has 1 aliphatic heterocycles. The van der Waals surface area contributed by atoms with Gasteiger partial charge < -0.3 is 14.8 Å². The molecule has 0 spiro atoms. The van der Waals surface area contributed by atoms with Crippen LogP contribution in [0.2, 0.25) is 0 Å². The highest BCUT2D eigenvalue weighted by Crippen LogP contribution is 2.34. The Labute approximate surface area is 196 Å². The summed E-state index contributed by atoms with van der Waals surface area (Å²) >= 11 is 0.765. The lowest BCUT2D eigenvalue weighted by molar-refractivity contribution is -0.127. The third kappa shape index (κ3) is 5.93. The molecule has 0 bridgehead atoms. The van der Waals surface area contributed by atoms with Gasteiger partial charge in [0.2, 0.25) is 5.91 Å². The van der Waals surface area contributed by atoms with Gasteiger partial charge in [0.1, 0.15) is 12.6 Å². The molecule has 0 unspecified atom stereocenters. The quantitative estimate of drug-likeness (QED) is 0.576. The SMILES string of the molecule is COc1cc(/C=C2\SC(=O)N(CC(=O)Nc3ccc(C(C)C)cc3)C2=O)ccc1OCC#N. The van der Waals surface area contributed by atoms with Crippen molar-refractivity contribution in [1.29, 1.82) is 5.26 Å². The van der Waals surface area contributed by atoms with E-state index in [1.54, 1.807) is 36.4 Å². The van der Waals surface area contributed by atoms with E-state index < -0.39 is 17.1 Å². The molecule has 0 aliphatic carbocycles. The van der Waals surface area contributed by atoms with Crippen LogP contribution >= 0.6 is 11.8 Å². The summed E-state index contributed by atoms with van der Waals surface area (Å²) in [6.45, 7) is 3.65. The summed E-state index contributed by atoms with van der Waals surface area (Å²) in [4.78, 5) is 38.6. The predicted molar refractivity (Wildman–Crippen MR) is 126 cm³/mol. The second-order valence-corrected chi connectivity index (χ2v) is 8.44. The van der Waals surface area contributed by atoms with Gasteiger partial charge in [-0.25, -0.2) is 0 Å². The fourth-order valence-electron chi connectivity index (χ4n) is 3.09. The number of nitrogens with zero attached hydrogens (tertiary/aromatic N) is 2. The first-order valence-corrected chi connectivity index (χ1v) is 11.0. The van der Waals surface area contributed by atoms with E-state index in [2.05, 4.69) is 19.2 Å². The number of hydrogen-bond acceptors (Lipinski definition) is 7. The third-order valence-electron chi connectivity index (χ3n) is 4.81. The van der Waals surface area contributed by atoms with Crippen molar-refractivity contribution in [2.75, 3.05) is 25.6 Å². The topological polar surface area (TPSA) is 109 Å². The number of anilines is 1. The molecular formula is C24H23N3O5S. The Hall–Kier alpha value is -3.77. The fraction of sp³-hybridized carbons (Fsp3) is 0.250. The molecule has 3 rings (SSSR count). The highest BCUT2D eigenvalue weighted by atomic mass is 32.2. The number of carbonyl (C=O) groups excluding carboxylic acids is 3. The van der Waals surface area contributed by atoms with Crippen LogP contribution < -0.4 is 14.8 Å². The normalized spacial score (nSPS) is 14.5. The molecule has 33 heavy (non-hydrogen) atoms. The van der Waals surface area contributed by atoms with E-state index >= 15 is 0 Å². The summed E-state index contributed by atoms with van der Waals surface area (Å²) in [5.74, 6) is 0.150. The number of amides is 3. The smallest absolute Gasteiger partial charge is 0.294 e. The molecule has 1 fully saturated rings. The number of hydrogen-bond donors (Lipinski definition) is 1. The lowest BCUT2D eigenvalue weighted by Crippen LogP contribution is -2.36. The number of thioether (sulfide) groups is 1. The monoisotopic (exact) mass is 465 g/mol. The number of nitriles is 1. The molecule has 8 nitrogen and oxygen atoms in total. The summed E-state index contributed by atoms with van der Waals surface area (Å²) in [6, 6.07) is 14.2. The maximum Gasteiger partial charge on any atom is 0.294 e. The molecule has 0 radical (unpaired) electrons. The molecule has 9 heteroatoms. The Bertz CT molecular complexity index is 1140. The van der Waals surface area contributed by atoms with Crippen LogP contribution in [-0.2, 0) is 9.59 Å². The first-order chi connectivity index (χ1) is 15.8. The van der Waals surface area contributed by atoms with Gasteiger partial charge in [0.25, 0.3) is 11.1 Å². The number of benzene rings is 2. The van der Waals surface area contributed by atoms with Crippen LogP contribution in [0.4, 0.5) is 10.5 Å². The number of ether oxygens (including phenoxy) is 2. The molecule has 0 aromatic heterocycles. The molecule has 1 aliphatic rings. The van der Waals surface area contributed by atoms with Crippen LogP contribution in [0.5, 0.6) is 11.5 Å². The van der Waals surface area contributed by atoms with E-state index in [-0.39, 0.29) is 18.1 Å². The molecule has 0 atom stereocenters. The lowest BCUT2D eigenvalue weighted by atomic mass is 10.0. The summed E-state index contributed by atoms with van der Waals surface area (Å²) in [5.41, 5.74) is 2.35. The highest BCUT2D eigenvalue weighted by molar-refractivity contribution is 8.18. The largest absolute Gasteiger partial charge is 0.493 e. The molecule has 170 valence electrons. The van der Waals surface area contributed by atoms with Crippen LogP contribution in [0, 0.1) is 11.3 Å². The van der Waals surface area contributed by atoms with Gasteiger partial charge in [0, 0.05) is 5.69 Å². The first-order valence-electron chi connectivity index (χ1n) is 10.2. The Morgan fingerprint density at radius 1 is 1.18 bits per heavy atom. The van der Waals surface area contributed by atoms with Gasteiger partial charge in [-0.3, -0.25) is 19.3 Å². The number of nitrogens with one attached hydrogen (secondary N) is 1. The second-order valence-electron chi connectivity index (χ2n) is 7.45. The van der Waals surface area contributed by atoms with E-state index in [0.29, 0.717) is 28.7 Å². The van der Waals surface area contributed by atoms with Gasteiger partial charge >= 0.3 is 0 Å². The van der Waals surface area contributed by atoms with Crippen LogP contribution in [0.15, 0.2) is 47.4 Å². The van der Waals surface area contributed by atoms with Gasteiger partial charge in [-0.1, -0.05) is 32.0 Å².